The van der Waals surface area contributed by atoms with Gasteiger partial charge in [-0.2, -0.15) is 0 Å². The van der Waals surface area contributed by atoms with Gasteiger partial charge < -0.3 is 0 Å². The largest absolute Gasteiger partial charge is 0.0991 e. The van der Waals surface area contributed by atoms with Crippen LogP contribution in [0.25, 0.3) is 0 Å². The van der Waals surface area contributed by atoms with Gasteiger partial charge >= 0.3 is 0 Å². The highest BCUT2D eigenvalue weighted by Gasteiger charge is 2.48. The summed E-state index contributed by atoms with van der Waals surface area (Å²) in [5, 5.41) is 0. The second-order valence-electron chi connectivity index (χ2n) is 5.81. The molecule has 0 bridgehead atoms. The standard InChI is InChI=1S/C26H30/c1-9-17-21(14-6)26(20(12-4)13-5)24(18-10-2)22(15-7)23(16-8)25(26)19-11-3/h9-19H,1-2,4,6,8H2,3,5,7H3/b19-11-,20-13+,21-17+,22-15-,24-18+. The molecule has 1 aliphatic carbocycles. The van der Waals surface area contributed by atoms with E-state index >= 15 is 0 Å². The molecule has 1 unspecified atom stereocenters. The summed E-state index contributed by atoms with van der Waals surface area (Å²) in [4.78, 5) is 0. The Balaban J connectivity index is 4.35. The van der Waals surface area contributed by atoms with E-state index in [1.807, 2.05) is 51.2 Å². The van der Waals surface area contributed by atoms with Gasteiger partial charge in [0.25, 0.3) is 0 Å². The topological polar surface area (TPSA) is 0 Å². The van der Waals surface area contributed by atoms with Crippen LogP contribution in [0.1, 0.15) is 20.8 Å². The van der Waals surface area contributed by atoms with Crippen LogP contribution in [0, 0.1) is 5.41 Å². The molecular formula is C26H30. The molecule has 1 atom stereocenters. The minimum atomic E-state index is -0.529. The molecule has 0 heteroatoms. The molecule has 0 aromatic carbocycles. The lowest BCUT2D eigenvalue weighted by Gasteiger charge is -2.37. The van der Waals surface area contributed by atoms with Crippen LogP contribution >= 0.6 is 0 Å². The van der Waals surface area contributed by atoms with Crippen LogP contribution in [0.4, 0.5) is 0 Å². The van der Waals surface area contributed by atoms with E-state index in [0.29, 0.717) is 0 Å². The van der Waals surface area contributed by atoms with Gasteiger partial charge in [0.05, 0.1) is 5.41 Å². The molecule has 0 heterocycles. The monoisotopic (exact) mass is 342 g/mol. The fourth-order valence-electron chi connectivity index (χ4n) is 3.83. The van der Waals surface area contributed by atoms with E-state index in [2.05, 4.69) is 63.3 Å². The molecule has 134 valence electrons. The third-order valence-electron chi connectivity index (χ3n) is 4.70. The molecule has 0 aliphatic heterocycles. The Bertz CT molecular complexity index is 797. The average molecular weight is 343 g/mol. The number of hydrogen-bond acceptors (Lipinski definition) is 0. The smallest absolute Gasteiger partial charge is 0.0709 e. The first-order valence-corrected chi connectivity index (χ1v) is 8.83. The molecule has 1 aliphatic rings. The summed E-state index contributed by atoms with van der Waals surface area (Å²) in [5.74, 6) is 0. The van der Waals surface area contributed by atoms with Gasteiger partial charge in [0, 0.05) is 0 Å². The van der Waals surface area contributed by atoms with Crippen LogP contribution in [0.2, 0.25) is 0 Å². The molecule has 0 saturated heterocycles. The molecule has 0 N–H and O–H groups in total. The van der Waals surface area contributed by atoms with Gasteiger partial charge in [-0.3, -0.25) is 0 Å². The van der Waals surface area contributed by atoms with Crippen LogP contribution < -0.4 is 0 Å². The molecule has 26 heavy (non-hydrogen) atoms. The summed E-state index contributed by atoms with van der Waals surface area (Å²) >= 11 is 0. The Morgan fingerprint density at radius 1 is 0.885 bits per heavy atom. The minimum absolute atomic E-state index is 0.529. The van der Waals surface area contributed by atoms with Crippen LogP contribution in [0.5, 0.6) is 0 Å². The van der Waals surface area contributed by atoms with Crippen molar-refractivity contribution in [2.75, 3.05) is 0 Å². The van der Waals surface area contributed by atoms with Crippen LogP contribution in [-0.2, 0) is 0 Å². The van der Waals surface area contributed by atoms with E-state index in [0.717, 1.165) is 33.4 Å². The van der Waals surface area contributed by atoms with Crippen molar-refractivity contribution in [1.29, 1.82) is 0 Å². The van der Waals surface area contributed by atoms with Crippen molar-refractivity contribution in [3.63, 3.8) is 0 Å². The Labute approximate surface area is 159 Å². The number of rotatable bonds is 8. The zero-order chi connectivity index (χ0) is 19.7. The van der Waals surface area contributed by atoms with Gasteiger partial charge in [0.1, 0.15) is 0 Å². The highest BCUT2D eigenvalue weighted by molar-refractivity contribution is 5.77. The summed E-state index contributed by atoms with van der Waals surface area (Å²) in [6.45, 7) is 26.2. The third kappa shape index (κ3) is 3.15. The van der Waals surface area contributed by atoms with Crippen LogP contribution in [0.15, 0.2) is 133 Å². The first kappa shape index (κ1) is 21.2. The lowest BCUT2D eigenvalue weighted by Crippen LogP contribution is -2.27. The van der Waals surface area contributed by atoms with Crippen molar-refractivity contribution in [3.05, 3.63) is 133 Å². The molecule has 0 amide bonds. The fraction of sp³-hybridized carbons (Fsp3) is 0.154. The van der Waals surface area contributed by atoms with Crippen molar-refractivity contribution in [1.82, 2.24) is 0 Å². The third-order valence-corrected chi connectivity index (χ3v) is 4.70. The fourth-order valence-corrected chi connectivity index (χ4v) is 3.83. The van der Waals surface area contributed by atoms with E-state index in [9.17, 15) is 0 Å². The maximum Gasteiger partial charge on any atom is 0.0709 e. The Morgan fingerprint density at radius 2 is 1.54 bits per heavy atom. The second kappa shape index (κ2) is 9.58. The molecule has 0 saturated carbocycles. The predicted octanol–water partition coefficient (Wildman–Crippen LogP) is 7.53. The first-order chi connectivity index (χ1) is 12.6. The SMILES string of the molecule is C=C/C=C(\C=C)C1(/C(C=C)=C/C)C(/C=C\C)=C(C=C)C(=C/C)/C1=C\C=C. The van der Waals surface area contributed by atoms with Crippen LogP contribution in [0.3, 0.4) is 0 Å². The Hall–Kier alpha value is -2.86. The second-order valence-corrected chi connectivity index (χ2v) is 5.81. The lowest BCUT2D eigenvalue weighted by atomic mass is 9.65. The van der Waals surface area contributed by atoms with Gasteiger partial charge in [0.2, 0.25) is 0 Å². The van der Waals surface area contributed by atoms with Gasteiger partial charge in [-0.25, -0.2) is 0 Å². The maximum atomic E-state index is 4.09. The van der Waals surface area contributed by atoms with E-state index in [-0.39, 0.29) is 0 Å². The average Bonchev–Trinajstić information content (AvgIpc) is 2.91. The molecule has 0 spiro atoms. The summed E-state index contributed by atoms with van der Waals surface area (Å²) < 4.78 is 0. The predicted molar refractivity (Wildman–Crippen MR) is 119 cm³/mol. The van der Waals surface area contributed by atoms with Crippen molar-refractivity contribution in [3.8, 4) is 0 Å². The molecule has 0 fully saturated rings. The van der Waals surface area contributed by atoms with Gasteiger partial charge in [-0.1, -0.05) is 99.7 Å². The summed E-state index contributed by atoms with van der Waals surface area (Å²) in [6, 6.07) is 0. The Kier molecular flexibility index (Phi) is 7.80. The summed E-state index contributed by atoms with van der Waals surface area (Å²) in [5.41, 5.74) is 6.14. The molecule has 0 radical (unpaired) electrons. The number of allylic oxidation sites excluding steroid dienone is 17. The molecule has 0 aromatic rings. The first-order valence-electron chi connectivity index (χ1n) is 8.83. The Morgan fingerprint density at radius 3 is 1.92 bits per heavy atom. The van der Waals surface area contributed by atoms with E-state index < -0.39 is 5.41 Å². The van der Waals surface area contributed by atoms with Gasteiger partial charge in [0.15, 0.2) is 0 Å². The van der Waals surface area contributed by atoms with Crippen molar-refractivity contribution < 1.29 is 0 Å². The molecular weight excluding hydrogens is 312 g/mol. The lowest BCUT2D eigenvalue weighted by molar-refractivity contribution is 0.682. The van der Waals surface area contributed by atoms with E-state index in [1.54, 1.807) is 6.08 Å². The van der Waals surface area contributed by atoms with Crippen molar-refractivity contribution in [2.24, 2.45) is 5.41 Å². The zero-order valence-electron chi connectivity index (χ0n) is 16.4. The number of hydrogen-bond donors (Lipinski definition) is 0. The molecule has 1 rings (SSSR count). The van der Waals surface area contributed by atoms with Crippen molar-refractivity contribution >= 4 is 0 Å². The highest BCUT2D eigenvalue weighted by Crippen LogP contribution is 2.60. The zero-order valence-corrected chi connectivity index (χ0v) is 16.4. The summed E-state index contributed by atoms with van der Waals surface area (Å²) in [6.07, 6.45) is 21.9. The quantitative estimate of drug-likeness (QED) is 0.400. The maximum absolute atomic E-state index is 4.09. The highest BCUT2D eigenvalue weighted by atomic mass is 14.5. The molecule has 0 nitrogen and oxygen atoms in total. The van der Waals surface area contributed by atoms with E-state index in [1.165, 1.54) is 0 Å². The normalized spacial score (nSPS) is 24.4. The molecule has 0 aromatic heterocycles. The van der Waals surface area contributed by atoms with Gasteiger partial charge in [-0.15, -0.1) is 0 Å². The summed E-state index contributed by atoms with van der Waals surface area (Å²) in [7, 11) is 0. The van der Waals surface area contributed by atoms with Crippen LogP contribution in [-0.4, -0.2) is 0 Å². The minimum Gasteiger partial charge on any atom is -0.0991 e. The van der Waals surface area contributed by atoms with Crippen molar-refractivity contribution in [2.45, 2.75) is 20.8 Å². The van der Waals surface area contributed by atoms with Gasteiger partial charge in [-0.05, 0) is 54.2 Å². The van der Waals surface area contributed by atoms with E-state index in [4.69, 9.17) is 0 Å².